The average molecular weight is 428 g/mol. The average Bonchev–Trinajstić information content (AvgIpc) is 2.79. The first-order chi connectivity index (χ1) is 14.9. The molecule has 0 amide bonds. The molecule has 31 heavy (non-hydrogen) atoms. The van der Waals surface area contributed by atoms with Crippen LogP contribution >= 0.6 is 0 Å². The summed E-state index contributed by atoms with van der Waals surface area (Å²) >= 11 is 0. The molecule has 0 saturated carbocycles. The van der Waals surface area contributed by atoms with E-state index in [0.717, 1.165) is 19.4 Å². The van der Waals surface area contributed by atoms with Crippen molar-refractivity contribution in [2.45, 2.75) is 120 Å². The van der Waals surface area contributed by atoms with Crippen LogP contribution in [-0.2, 0) is 6.42 Å². The highest BCUT2D eigenvalue weighted by Gasteiger charge is 2.17. The van der Waals surface area contributed by atoms with Gasteiger partial charge in [-0.3, -0.25) is 0 Å². The second-order valence-corrected chi connectivity index (χ2v) is 9.25. The molecule has 178 valence electrons. The fourth-order valence-corrected chi connectivity index (χ4v) is 3.69. The number of anilines is 1. The second kappa shape index (κ2) is 17.1. The van der Waals surface area contributed by atoms with Crippen molar-refractivity contribution >= 4 is 17.3 Å². The highest BCUT2D eigenvalue weighted by atomic mass is 14.9. The minimum atomic E-state index is 0.300. The Morgan fingerprint density at radius 1 is 0.968 bits per heavy atom. The third kappa shape index (κ3) is 11.1. The summed E-state index contributed by atoms with van der Waals surface area (Å²) in [4.78, 5) is 0. The van der Waals surface area contributed by atoms with Crippen LogP contribution in [0.1, 0.15) is 130 Å². The SMILES string of the molecule is C=Cc1cc(/C(=C/C)CCCC)cc(NCC(C)(C)CC)c1CCCCCCC.CC. The normalized spacial score (nSPS) is 11.7. The number of nitrogens with one attached hydrogen (secondary N) is 1. The van der Waals surface area contributed by atoms with Gasteiger partial charge < -0.3 is 5.32 Å². The van der Waals surface area contributed by atoms with Crippen LogP contribution in [0.3, 0.4) is 0 Å². The molecule has 0 radical (unpaired) electrons. The highest BCUT2D eigenvalue weighted by Crippen LogP contribution is 2.32. The predicted molar refractivity (Wildman–Crippen MR) is 146 cm³/mol. The summed E-state index contributed by atoms with van der Waals surface area (Å²) < 4.78 is 0. The minimum Gasteiger partial charge on any atom is -0.384 e. The molecule has 0 atom stereocenters. The van der Waals surface area contributed by atoms with E-state index in [9.17, 15) is 0 Å². The lowest BCUT2D eigenvalue weighted by atomic mass is 9.89. The largest absolute Gasteiger partial charge is 0.384 e. The first-order valence-corrected chi connectivity index (χ1v) is 13.1. The zero-order valence-corrected chi connectivity index (χ0v) is 22.3. The van der Waals surface area contributed by atoms with Gasteiger partial charge in [0.1, 0.15) is 0 Å². The van der Waals surface area contributed by atoms with Gasteiger partial charge in [-0.05, 0) is 78.8 Å². The van der Waals surface area contributed by atoms with E-state index in [1.807, 2.05) is 13.8 Å². The molecule has 0 aromatic heterocycles. The molecule has 0 unspecified atom stereocenters. The van der Waals surface area contributed by atoms with Crippen molar-refractivity contribution in [1.82, 2.24) is 0 Å². The molecule has 0 aliphatic carbocycles. The maximum Gasteiger partial charge on any atom is 0.0385 e. The maximum atomic E-state index is 4.16. The predicted octanol–water partition coefficient (Wildman–Crippen LogP) is 10.3. The van der Waals surface area contributed by atoms with Gasteiger partial charge in [-0.2, -0.15) is 0 Å². The summed E-state index contributed by atoms with van der Waals surface area (Å²) in [6.07, 6.45) is 16.9. The second-order valence-electron chi connectivity index (χ2n) is 9.25. The molecule has 1 nitrogen and oxygen atoms in total. The fraction of sp³-hybridized carbons (Fsp3) is 0.667. The van der Waals surface area contributed by atoms with Gasteiger partial charge in [0.2, 0.25) is 0 Å². The van der Waals surface area contributed by atoms with E-state index < -0.39 is 0 Å². The van der Waals surface area contributed by atoms with E-state index in [0.29, 0.717) is 5.41 Å². The van der Waals surface area contributed by atoms with E-state index in [1.54, 1.807) is 0 Å². The van der Waals surface area contributed by atoms with E-state index >= 15 is 0 Å². The van der Waals surface area contributed by atoms with E-state index in [2.05, 4.69) is 77.7 Å². The lowest BCUT2D eigenvalue weighted by molar-refractivity contribution is 0.377. The van der Waals surface area contributed by atoms with Crippen LogP contribution in [0.5, 0.6) is 0 Å². The molecule has 1 rings (SSSR count). The summed E-state index contributed by atoms with van der Waals surface area (Å²) in [5, 5.41) is 3.83. The third-order valence-corrected chi connectivity index (χ3v) is 6.27. The molecule has 0 aliphatic rings. The minimum absolute atomic E-state index is 0.300. The molecule has 0 aliphatic heterocycles. The molecular weight excluding hydrogens is 374 g/mol. The summed E-state index contributed by atoms with van der Waals surface area (Å²) in [6.45, 7) is 22.9. The molecule has 1 heteroatoms. The van der Waals surface area contributed by atoms with Crippen LogP contribution in [-0.4, -0.2) is 6.54 Å². The molecule has 0 spiro atoms. The van der Waals surface area contributed by atoms with Crippen LogP contribution < -0.4 is 5.32 Å². The topological polar surface area (TPSA) is 12.0 Å². The lowest BCUT2D eigenvalue weighted by Gasteiger charge is -2.26. The molecule has 0 fully saturated rings. The van der Waals surface area contributed by atoms with Gasteiger partial charge in [0.05, 0.1) is 0 Å². The van der Waals surface area contributed by atoms with E-state index in [4.69, 9.17) is 0 Å². The first-order valence-electron chi connectivity index (χ1n) is 13.1. The monoisotopic (exact) mass is 427 g/mol. The van der Waals surface area contributed by atoms with Gasteiger partial charge in [0, 0.05) is 12.2 Å². The zero-order valence-electron chi connectivity index (χ0n) is 22.3. The Morgan fingerprint density at radius 3 is 2.16 bits per heavy atom. The van der Waals surface area contributed by atoms with Crippen LogP contribution in [0.4, 0.5) is 5.69 Å². The van der Waals surface area contributed by atoms with Crippen LogP contribution in [0.15, 0.2) is 24.8 Å². The summed E-state index contributed by atoms with van der Waals surface area (Å²) in [5.41, 5.74) is 7.22. The molecule has 1 aromatic rings. The summed E-state index contributed by atoms with van der Waals surface area (Å²) in [5.74, 6) is 0. The van der Waals surface area contributed by atoms with Crippen molar-refractivity contribution in [1.29, 1.82) is 0 Å². The Kier molecular flexibility index (Phi) is 16.3. The molecule has 0 bridgehead atoms. The van der Waals surface area contributed by atoms with Gasteiger partial charge in [-0.15, -0.1) is 0 Å². The Bertz CT molecular complexity index is 636. The summed E-state index contributed by atoms with van der Waals surface area (Å²) in [7, 11) is 0. The number of hydrogen-bond acceptors (Lipinski definition) is 1. The number of hydrogen-bond donors (Lipinski definition) is 1. The smallest absolute Gasteiger partial charge is 0.0385 e. The maximum absolute atomic E-state index is 4.16. The van der Waals surface area contributed by atoms with Crippen molar-refractivity contribution in [3.63, 3.8) is 0 Å². The van der Waals surface area contributed by atoms with Crippen molar-refractivity contribution in [3.05, 3.63) is 41.5 Å². The van der Waals surface area contributed by atoms with Crippen LogP contribution in [0, 0.1) is 5.41 Å². The third-order valence-electron chi connectivity index (χ3n) is 6.27. The van der Waals surface area contributed by atoms with Gasteiger partial charge in [0.15, 0.2) is 0 Å². The number of benzene rings is 1. The van der Waals surface area contributed by atoms with Crippen LogP contribution in [0.2, 0.25) is 0 Å². The highest BCUT2D eigenvalue weighted by molar-refractivity contribution is 5.75. The molecular formula is C30H53N. The molecule has 0 heterocycles. The Hall–Kier alpha value is -1.50. The van der Waals surface area contributed by atoms with Gasteiger partial charge in [-0.25, -0.2) is 0 Å². The fourth-order valence-electron chi connectivity index (χ4n) is 3.69. The Labute approximate surface area is 195 Å². The summed E-state index contributed by atoms with van der Waals surface area (Å²) in [6, 6.07) is 4.78. The number of rotatable bonds is 15. The number of unbranched alkanes of at least 4 members (excludes halogenated alkanes) is 5. The van der Waals surface area contributed by atoms with E-state index in [1.165, 1.54) is 79.3 Å². The first kappa shape index (κ1) is 29.5. The van der Waals surface area contributed by atoms with Crippen molar-refractivity contribution in [3.8, 4) is 0 Å². The van der Waals surface area contributed by atoms with Gasteiger partial charge in [-0.1, -0.05) is 99.3 Å². The van der Waals surface area contributed by atoms with Crippen molar-refractivity contribution < 1.29 is 0 Å². The molecule has 0 saturated heterocycles. The standard InChI is InChI=1S/C28H47N.C2H6/c1-8-13-15-16-17-19-26-24(11-4)20-25(23(10-3)18-14-9-2)21-27(26)29-22-28(6,7)12-5;1-2/h10-11,20-21,29H,4,8-9,12-19,22H2,1-3,5-7H3;1-2H3/b23-10+;. The zero-order chi connectivity index (χ0) is 23.7. The van der Waals surface area contributed by atoms with E-state index in [-0.39, 0.29) is 0 Å². The van der Waals surface area contributed by atoms with Gasteiger partial charge in [0.25, 0.3) is 0 Å². The lowest BCUT2D eigenvalue weighted by Crippen LogP contribution is -2.22. The van der Waals surface area contributed by atoms with Crippen molar-refractivity contribution in [2.24, 2.45) is 5.41 Å². The van der Waals surface area contributed by atoms with Crippen LogP contribution in [0.25, 0.3) is 11.6 Å². The molecule has 1 N–H and O–H groups in total. The van der Waals surface area contributed by atoms with Gasteiger partial charge >= 0.3 is 0 Å². The number of allylic oxidation sites excluding steroid dienone is 2. The Morgan fingerprint density at radius 2 is 1.61 bits per heavy atom. The molecule has 1 aromatic carbocycles. The van der Waals surface area contributed by atoms with Crippen molar-refractivity contribution in [2.75, 3.05) is 11.9 Å². The quantitative estimate of drug-likeness (QED) is 0.274. The Balaban J connectivity index is 0.00000436.